The average molecular weight is 556 g/mol. The molecule has 2 aromatic rings. The third-order valence-corrected chi connectivity index (χ3v) is 9.05. The minimum Gasteiger partial charge on any atom is -0.452 e. The van der Waals surface area contributed by atoms with Crippen LogP contribution in [0, 0.1) is 23.7 Å². The van der Waals surface area contributed by atoms with Crippen molar-refractivity contribution in [3.63, 3.8) is 0 Å². The number of nitrogens with one attached hydrogen (secondary N) is 1. The molecule has 2 bridgehead atoms. The Hall–Kier alpha value is -2.32. The maximum Gasteiger partial charge on any atom is 0.338 e. The molecule has 2 aliphatic carbocycles. The molecule has 1 N–H and O–H groups in total. The molecule has 35 heavy (non-hydrogen) atoms. The molecule has 0 unspecified atom stereocenters. The molecule has 6 atom stereocenters. The van der Waals surface area contributed by atoms with E-state index in [-0.39, 0.29) is 50.0 Å². The number of benzene rings is 2. The van der Waals surface area contributed by atoms with Crippen LogP contribution in [0.15, 0.2) is 42.5 Å². The molecule has 7 nitrogen and oxygen atoms in total. The first-order chi connectivity index (χ1) is 16.7. The number of carbonyl (C=O) groups excluding carboxylic acids is 4. The zero-order chi connectivity index (χ0) is 25.0. The van der Waals surface area contributed by atoms with Gasteiger partial charge in [-0.15, -0.1) is 23.2 Å². The van der Waals surface area contributed by atoms with Crippen molar-refractivity contribution in [2.24, 2.45) is 23.7 Å². The van der Waals surface area contributed by atoms with E-state index in [0.717, 1.165) is 4.90 Å². The molecule has 1 aliphatic heterocycles. The molecule has 2 saturated carbocycles. The molecule has 5 rings (SSSR count). The summed E-state index contributed by atoms with van der Waals surface area (Å²) in [4.78, 5) is 51.8. The van der Waals surface area contributed by atoms with E-state index in [0.29, 0.717) is 17.8 Å². The first-order valence-electron chi connectivity index (χ1n) is 10.9. The molecule has 1 heterocycles. The zero-order valence-corrected chi connectivity index (χ0v) is 20.9. The summed E-state index contributed by atoms with van der Waals surface area (Å²) in [7, 11) is 0. The van der Waals surface area contributed by atoms with Crippen LogP contribution in [0.4, 0.5) is 11.4 Å². The molecular weight excluding hydrogens is 538 g/mol. The lowest BCUT2D eigenvalue weighted by molar-refractivity contribution is -0.123. The molecule has 3 aliphatic rings. The quantitative estimate of drug-likeness (QED) is 0.326. The predicted molar refractivity (Wildman–Crippen MR) is 132 cm³/mol. The highest BCUT2D eigenvalue weighted by molar-refractivity contribution is 6.44. The molecule has 0 aromatic heterocycles. The molecule has 182 valence electrons. The normalized spacial score (nSPS) is 28.9. The van der Waals surface area contributed by atoms with Crippen LogP contribution >= 0.6 is 46.4 Å². The molecule has 11 heteroatoms. The third kappa shape index (κ3) is 4.08. The van der Waals surface area contributed by atoms with Gasteiger partial charge in [0.25, 0.3) is 5.91 Å². The van der Waals surface area contributed by atoms with Crippen LogP contribution in [0.3, 0.4) is 0 Å². The van der Waals surface area contributed by atoms with E-state index in [4.69, 9.17) is 51.1 Å². The number of amides is 3. The van der Waals surface area contributed by atoms with Crippen LogP contribution in [-0.2, 0) is 19.1 Å². The molecule has 0 radical (unpaired) electrons. The molecule has 0 spiro atoms. The Bertz CT molecular complexity index is 1200. The minimum absolute atomic E-state index is 0.113. The van der Waals surface area contributed by atoms with Crippen molar-refractivity contribution in [2.45, 2.75) is 17.2 Å². The van der Waals surface area contributed by atoms with E-state index >= 15 is 0 Å². The Morgan fingerprint density at radius 3 is 2.14 bits per heavy atom. The summed E-state index contributed by atoms with van der Waals surface area (Å²) in [5.74, 6) is -3.05. The van der Waals surface area contributed by atoms with Crippen LogP contribution in [0.2, 0.25) is 10.0 Å². The van der Waals surface area contributed by atoms with Crippen molar-refractivity contribution >= 4 is 81.5 Å². The van der Waals surface area contributed by atoms with Gasteiger partial charge >= 0.3 is 5.97 Å². The van der Waals surface area contributed by atoms with Gasteiger partial charge in [0, 0.05) is 0 Å². The summed E-state index contributed by atoms with van der Waals surface area (Å²) in [6.45, 7) is -0.544. The van der Waals surface area contributed by atoms with Crippen molar-refractivity contribution in [2.75, 3.05) is 16.8 Å². The van der Waals surface area contributed by atoms with Gasteiger partial charge in [0.15, 0.2) is 6.61 Å². The number of carbonyl (C=O) groups is 4. The van der Waals surface area contributed by atoms with Gasteiger partial charge < -0.3 is 10.1 Å². The maximum atomic E-state index is 13.1. The fraction of sp³-hybridized carbons (Fsp3) is 0.333. The van der Waals surface area contributed by atoms with Gasteiger partial charge in [-0.3, -0.25) is 19.3 Å². The van der Waals surface area contributed by atoms with Gasteiger partial charge in [-0.1, -0.05) is 29.3 Å². The van der Waals surface area contributed by atoms with Crippen LogP contribution in [-0.4, -0.2) is 41.1 Å². The molecule has 1 saturated heterocycles. The Kier molecular flexibility index (Phi) is 6.46. The zero-order valence-electron chi connectivity index (χ0n) is 17.9. The topological polar surface area (TPSA) is 92.8 Å². The SMILES string of the molecule is O=C(COC(=O)c1ccc(N2C(=O)[C@@H]3[C@H]4C[C@@H]([C@@H](Cl)[C@H]4Cl)[C@H]3C2=O)cc1)Nc1cccc(Cl)c1Cl. The number of alkyl halides is 2. The number of hydrogen-bond donors (Lipinski definition) is 1. The number of ether oxygens (including phenoxy) is 1. The number of fused-ring (bicyclic) bond motifs is 5. The minimum atomic E-state index is -0.743. The second kappa shape index (κ2) is 9.28. The Morgan fingerprint density at radius 1 is 0.943 bits per heavy atom. The summed E-state index contributed by atoms with van der Waals surface area (Å²) in [6.07, 6.45) is 0.685. The van der Waals surface area contributed by atoms with E-state index in [2.05, 4.69) is 5.32 Å². The highest BCUT2D eigenvalue weighted by Crippen LogP contribution is 2.59. The fourth-order valence-electron chi connectivity index (χ4n) is 5.35. The van der Waals surface area contributed by atoms with Crippen molar-refractivity contribution in [1.82, 2.24) is 0 Å². The second-order valence-electron chi connectivity index (χ2n) is 8.79. The number of esters is 1. The largest absolute Gasteiger partial charge is 0.452 e. The standard InChI is InChI=1S/C24H18Cl4N2O5/c25-14-2-1-3-15(21(14)28)29-16(31)9-35-24(34)10-4-6-11(7-5-10)30-22(32)17-12-8-13(18(17)23(30)33)20(27)19(12)26/h1-7,12-13,17-20H,8-9H2,(H,29,31)/t12-,13-,17-,18-,19-,20+/m1/s1. The number of anilines is 2. The number of nitrogens with zero attached hydrogens (tertiary/aromatic N) is 1. The lowest BCUT2D eigenvalue weighted by Gasteiger charge is -2.28. The lowest BCUT2D eigenvalue weighted by atomic mass is 9.80. The van der Waals surface area contributed by atoms with E-state index in [9.17, 15) is 19.2 Å². The van der Waals surface area contributed by atoms with Crippen molar-refractivity contribution in [3.8, 4) is 0 Å². The predicted octanol–water partition coefficient (Wildman–Crippen LogP) is 4.76. The third-order valence-electron chi connectivity index (χ3n) is 6.91. The average Bonchev–Trinajstić information content (AvgIpc) is 3.45. The van der Waals surface area contributed by atoms with Crippen molar-refractivity contribution < 1.29 is 23.9 Å². The van der Waals surface area contributed by atoms with Gasteiger partial charge in [0.05, 0.1) is 49.6 Å². The van der Waals surface area contributed by atoms with E-state index in [1.54, 1.807) is 18.2 Å². The maximum absolute atomic E-state index is 13.1. The Labute approximate surface area is 220 Å². The summed E-state index contributed by atoms with van der Waals surface area (Å²) in [5.41, 5.74) is 0.808. The molecule has 3 amide bonds. The Morgan fingerprint density at radius 2 is 1.54 bits per heavy atom. The second-order valence-corrected chi connectivity index (χ2v) is 10.6. The van der Waals surface area contributed by atoms with E-state index in [1.165, 1.54) is 24.3 Å². The van der Waals surface area contributed by atoms with Crippen molar-refractivity contribution in [1.29, 1.82) is 0 Å². The summed E-state index contributed by atoms with van der Waals surface area (Å²) in [6, 6.07) is 10.6. The van der Waals surface area contributed by atoms with E-state index < -0.39 is 30.3 Å². The fourth-order valence-corrected chi connectivity index (χ4v) is 6.59. The highest BCUT2D eigenvalue weighted by atomic mass is 35.5. The van der Waals surface area contributed by atoms with Gasteiger partial charge in [0.2, 0.25) is 11.8 Å². The molecular formula is C24H18Cl4N2O5. The number of imide groups is 1. The molecule has 3 fully saturated rings. The van der Waals surface area contributed by atoms with Gasteiger partial charge in [-0.05, 0) is 54.7 Å². The number of rotatable bonds is 5. The Balaban J connectivity index is 1.22. The van der Waals surface area contributed by atoms with Crippen LogP contribution in [0.5, 0.6) is 0 Å². The molecule has 2 aromatic carbocycles. The van der Waals surface area contributed by atoms with Crippen molar-refractivity contribution in [3.05, 3.63) is 58.1 Å². The lowest BCUT2D eigenvalue weighted by Crippen LogP contribution is -2.37. The monoisotopic (exact) mass is 554 g/mol. The van der Waals surface area contributed by atoms with Crippen LogP contribution in [0.1, 0.15) is 16.8 Å². The number of halogens is 4. The summed E-state index contributed by atoms with van der Waals surface area (Å²) >= 11 is 24.7. The van der Waals surface area contributed by atoms with E-state index in [1.807, 2.05) is 0 Å². The summed E-state index contributed by atoms with van der Waals surface area (Å²) < 4.78 is 5.06. The van der Waals surface area contributed by atoms with Crippen LogP contribution < -0.4 is 10.2 Å². The number of hydrogen-bond acceptors (Lipinski definition) is 5. The first kappa shape index (κ1) is 24.4. The van der Waals surface area contributed by atoms with Gasteiger partial charge in [0.1, 0.15) is 0 Å². The van der Waals surface area contributed by atoms with Gasteiger partial charge in [-0.25, -0.2) is 4.79 Å². The highest BCUT2D eigenvalue weighted by Gasteiger charge is 2.66. The van der Waals surface area contributed by atoms with Gasteiger partial charge in [-0.2, -0.15) is 0 Å². The van der Waals surface area contributed by atoms with Crippen LogP contribution in [0.25, 0.3) is 0 Å². The summed E-state index contributed by atoms with van der Waals surface area (Å²) in [5, 5.41) is 2.31. The smallest absolute Gasteiger partial charge is 0.338 e. The first-order valence-corrected chi connectivity index (χ1v) is 12.5.